The number of hydrogen-bond acceptors (Lipinski definition) is 4. The molecule has 0 unspecified atom stereocenters. The highest BCUT2D eigenvalue weighted by Gasteiger charge is 2.19. The number of piperazine rings is 1. The van der Waals surface area contributed by atoms with E-state index in [1.165, 1.54) is 11.3 Å². The first-order chi connectivity index (χ1) is 12.2. The summed E-state index contributed by atoms with van der Waals surface area (Å²) >= 11 is 0. The van der Waals surface area contributed by atoms with E-state index in [1.807, 2.05) is 18.2 Å². The molecule has 1 aliphatic rings. The van der Waals surface area contributed by atoms with Gasteiger partial charge < -0.3 is 14.7 Å². The first-order valence-corrected chi connectivity index (χ1v) is 9.16. The van der Waals surface area contributed by atoms with Crippen LogP contribution in [-0.2, 0) is 6.42 Å². The average Bonchev–Trinajstić information content (AvgIpc) is 2.68. The lowest BCUT2D eigenvalue weighted by molar-refractivity contribution is 0.0663. The summed E-state index contributed by atoms with van der Waals surface area (Å²) in [7, 11) is 0. The zero-order chi connectivity index (χ0) is 17.5. The maximum Gasteiger partial charge on any atom is 0.119 e. The van der Waals surface area contributed by atoms with Crippen LogP contribution in [0, 0.1) is 0 Å². The molecule has 1 aliphatic heterocycles. The average molecular weight is 340 g/mol. The normalized spacial score (nSPS) is 16.6. The number of aryl methyl sites for hydroxylation is 1. The third-order valence-corrected chi connectivity index (χ3v) is 4.74. The van der Waals surface area contributed by atoms with Crippen molar-refractivity contribution in [2.75, 3.05) is 44.2 Å². The van der Waals surface area contributed by atoms with Gasteiger partial charge in [-0.05, 0) is 36.2 Å². The lowest BCUT2D eigenvalue weighted by Crippen LogP contribution is -2.49. The first-order valence-electron chi connectivity index (χ1n) is 9.16. The summed E-state index contributed by atoms with van der Waals surface area (Å²) in [6.07, 6.45) is 0.562. The van der Waals surface area contributed by atoms with Gasteiger partial charge in [-0.2, -0.15) is 0 Å². The van der Waals surface area contributed by atoms with E-state index in [0.717, 1.165) is 38.3 Å². The van der Waals surface area contributed by atoms with Gasteiger partial charge in [0.25, 0.3) is 0 Å². The van der Waals surface area contributed by atoms with E-state index < -0.39 is 6.10 Å². The van der Waals surface area contributed by atoms with E-state index in [-0.39, 0.29) is 0 Å². The molecule has 3 rings (SSSR count). The molecule has 25 heavy (non-hydrogen) atoms. The van der Waals surface area contributed by atoms with E-state index in [4.69, 9.17) is 4.74 Å². The van der Waals surface area contributed by atoms with Crippen molar-refractivity contribution in [1.29, 1.82) is 0 Å². The monoisotopic (exact) mass is 340 g/mol. The highest BCUT2D eigenvalue weighted by molar-refractivity contribution is 5.46. The summed E-state index contributed by atoms with van der Waals surface area (Å²) in [6, 6.07) is 18.6. The smallest absolute Gasteiger partial charge is 0.119 e. The van der Waals surface area contributed by atoms with Crippen molar-refractivity contribution in [3.8, 4) is 5.75 Å². The summed E-state index contributed by atoms with van der Waals surface area (Å²) < 4.78 is 5.71. The molecule has 2 aromatic carbocycles. The Morgan fingerprint density at radius 3 is 2.28 bits per heavy atom. The van der Waals surface area contributed by atoms with Crippen LogP contribution in [0.15, 0.2) is 54.6 Å². The van der Waals surface area contributed by atoms with Gasteiger partial charge in [0.2, 0.25) is 0 Å². The van der Waals surface area contributed by atoms with Crippen LogP contribution < -0.4 is 9.64 Å². The number of aliphatic hydroxyl groups is 1. The Bertz CT molecular complexity index is 622. The molecule has 4 nitrogen and oxygen atoms in total. The van der Waals surface area contributed by atoms with Gasteiger partial charge in [0.1, 0.15) is 18.5 Å². The molecule has 0 aromatic heterocycles. The van der Waals surface area contributed by atoms with Crippen molar-refractivity contribution < 1.29 is 9.84 Å². The highest BCUT2D eigenvalue weighted by Crippen LogP contribution is 2.16. The second-order valence-corrected chi connectivity index (χ2v) is 6.59. The maximum absolute atomic E-state index is 10.3. The van der Waals surface area contributed by atoms with Crippen LogP contribution in [0.4, 0.5) is 5.69 Å². The van der Waals surface area contributed by atoms with Gasteiger partial charge in [-0.25, -0.2) is 0 Å². The fourth-order valence-electron chi connectivity index (χ4n) is 3.19. The van der Waals surface area contributed by atoms with Crippen molar-refractivity contribution in [1.82, 2.24) is 4.90 Å². The largest absolute Gasteiger partial charge is 0.491 e. The molecule has 1 fully saturated rings. The summed E-state index contributed by atoms with van der Waals surface area (Å²) in [5.41, 5.74) is 2.57. The summed E-state index contributed by atoms with van der Waals surface area (Å²) in [5.74, 6) is 0.824. The number of para-hydroxylation sites is 1. The molecular weight excluding hydrogens is 312 g/mol. The summed E-state index contributed by atoms with van der Waals surface area (Å²) in [5, 5.41) is 10.3. The number of rotatable bonds is 7. The van der Waals surface area contributed by atoms with Gasteiger partial charge in [-0.15, -0.1) is 0 Å². The van der Waals surface area contributed by atoms with Crippen molar-refractivity contribution in [2.24, 2.45) is 0 Å². The zero-order valence-electron chi connectivity index (χ0n) is 15.0. The molecule has 1 saturated heterocycles. The minimum Gasteiger partial charge on any atom is -0.491 e. The third kappa shape index (κ3) is 5.21. The van der Waals surface area contributed by atoms with E-state index >= 15 is 0 Å². The molecule has 0 bridgehead atoms. The molecule has 0 radical (unpaired) electrons. The van der Waals surface area contributed by atoms with E-state index in [0.29, 0.717) is 13.2 Å². The fraction of sp³-hybridized carbons (Fsp3) is 0.429. The summed E-state index contributed by atoms with van der Waals surface area (Å²) in [4.78, 5) is 4.71. The van der Waals surface area contributed by atoms with Crippen LogP contribution in [0.1, 0.15) is 12.5 Å². The van der Waals surface area contributed by atoms with Crippen LogP contribution >= 0.6 is 0 Å². The number of anilines is 1. The standard InChI is InChI=1S/C21H28N2O2/c1-2-18-8-10-21(11-9-18)25-17-20(24)16-22-12-14-23(15-13-22)19-6-4-3-5-7-19/h3-11,20,24H,2,12-17H2,1H3/t20-/m1/s1. The second kappa shape index (κ2) is 8.88. The van der Waals surface area contributed by atoms with Crippen molar-refractivity contribution in [3.63, 3.8) is 0 Å². The van der Waals surface area contributed by atoms with Gasteiger partial charge >= 0.3 is 0 Å². The quantitative estimate of drug-likeness (QED) is 0.841. The van der Waals surface area contributed by atoms with Crippen LogP contribution in [0.5, 0.6) is 5.75 Å². The Morgan fingerprint density at radius 2 is 1.64 bits per heavy atom. The number of ether oxygens (including phenoxy) is 1. The van der Waals surface area contributed by atoms with Crippen LogP contribution in [0.3, 0.4) is 0 Å². The fourth-order valence-corrected chi connectivity index (χ4v) is 3.19. The number of β-amino-alcohol motifs (C(OH)–C–C–N with tert-alkyl or cyclic N) is 1. The SMILES string of the molecule is CCc1ccc(OC[C@H](O)CN2CCN(c3ccccc3)CC2)cc1. The Kier molecular flexibility index (Phi) is 6.31. The topological polar surface area (TPSA) is 35.9 Å². The summed E-state index contributed by atoms with van der Waals surface area (Å²) in [6.45, 7) is 7.07. The Balaban J connectivity index is 1.39. The van der Waals surface area contributed by atoms with E-state index in [1.54, 1.807) is 0 Å². The van der Waals surface area contributed by atoms with Crippen LogP contribution in [0.2, 0.25) is 0 Å². The van der Waals surface area contributed by atoms with Gasteiger partial charge in [-0.3, -0.25) is 4.90 Å². The number of aliphatic hydroxyl groups excluding tert-OH is 1. The Hall–Kier alpha value is -2.04. The Labute approximate surface area is 150 Å². The first kappa shape index (κ1) is 17.8. The van der Waals surface area contributed by atoms with Gasteiger partial charge in [0.05, 0.1) is 0 Å². The number of nitrogens with zero attached hydrogens (tertiary/aromatic N) is 2. The number of hydrogen-bond donors (Lipinski definition) is 1. The molecule has 2 aromatic rings. The van der Waals surface area contributed by atoms with Crippen molar-refractivity contribution in [3.05, 3.63) is 60.2 Å². The predicted molar refractivity (Wildman–Crippen MR) is 102 cm³/mol. The minimum absolute atomic E-state index is 0.338. The predicted octanol–water partition coefficient (Wildman–Crippen LogP) is 2.81. The Morgan fingerprint density at radius 1 is 0.960 bits per heavy atom. The second-order valence-electron chi connectivity index (χ2n) is 6.59. The molecular formula is C21H28N2O2. The van der Waals surface area contributed by atoms with Crippen molar-refractivity contribution in [2.45, 2.75) is 19.4 Å². The van der Waals surface area contributed by atoms with E-state index in [2.05, 4.69) is 53.1 Å². The van der Waals surface area contributed by atoms with Gasteiger partial charge in [0.15, 0.2) is 0 Å². The zero-order valence-corrected chi connectivity index (χ0v) is 15.0. The van der Waals surface area contributed by atoms with Crippen LogP contribution in [0.25, 0.3) is 0 Å². The van der Waals surface area contributed by atoms with Gasteiger partial charge in [0, 0.05) is 38.4 Å². The van der Waals surface area contributed by atoms with Crippen LogP contribution in [-0.4, -0.2) is 55.4 Å². The molecule has 0 spiro atoms. The third-order valence-electron chi connectivity index (χ3n) is 4.74. The molecule has 0 amide bonds. The molecule has 0 saturated carbocycles. The van der Waals surface area contributed by atoms with Crippen molar-refractivity contribution >= 4 is 5.69 Å². The lowest BCUT2D eigenvalue weighted by atomic mass is 10.2. The molecule has 0 aliphatic carbocycles. The molecule has 134 valence electrons. The van der Waals surface area contributed by atoms with Gasteiger partial charge in [-0.1, -0.05) is 37.3 Å². The number of benzene rings is 2. The maximum atomic E-state index is 10.3. The lowest BCUT2D eigenvalue weighted by Gasteiger charge is -2.36. The molecule has 1 heterocycles. The molecule has 1 atom stereocenters. The van der Waals surface area contributed by atoms with E-state index in [9.17, 15) is 5.11 Å². The molecule has 1 N–H and O–H groups in total. The molecule has 4 heteroatoms. The highest BCUT2D eigenvalue weighted by atomic mass is 16.5. The minimum atomic E-state index is -0.464.